The van der Waals surface area contributed by atoms with Gasteiger partial charge in [-0.1, -0.05) is 38.5 Å². The number of aliphatic hydroxyl groups is 1. The van der Waals surface area contributed by atoms with Gasteiger partial charge in [0.15, 0.2) is 0 Å². The van der Waals surface area contributed by atoms with Crippen molar-refractivity contribution in [3.63, 3.8) is 0 Å². The van der Waals surface area contributed by atoms with E-state index >= 15 is 0 Å². The highest BCUT2D eigenvalue weighted by Gasteiger charge is 2.40. The van der Waals surface area contributed by atoms with Gasteiger partial charge in [0.2, 0.25) is 0 Å². The van der Waals surface area contributed by atoms with Crippen LogP contribution in [0.1, 0.15) is 64.2 Å². The van der Waals surface area contributed by atoms with Crippen LogP contribution in [0.15, 0.2) is 0 Å². The highest BCUT2D eigenvalue weighted by atomic mass is 16.3. The van der Waals surface area contributed by atoms with Crippen LogP contribution < -0.4 is 0 Å². The molecule has 0 aromatic carbocycles. The molecular weight excluding hydrogens is 160 g/mol. The van der Waals surface area contributed by atoms with Crippen molar-refractivity contribution < 1.29 is 5.11 Å². The SMILES string of the molecule is OC1CCCC12CCCCCCC2. The van der Waals surface area contributed by atoms with Gasteiger partial charge in [-0.3, -0.25) is 0 Å². The predicted octanol–water partition coefficient (Wildman–Crippen LogP) is 3.26. The summed E-state index contributed by atoms with van der Waals surface area (Å²) in [6.45, 7) is 0. The Kier molecular flexibility index (Phi) is 2.92. The van der Waals surface area contributed by atoms with Gasteiger partial charge in [-0.05, 0) is 31.1 Å². The Hall–Kier alpha value is -0.0400. The van der Waals surface area contributed by atoms with Crippen molar-refractivity contribution in [1.29, 1.82) is 0 Å². The summed E-state index contributed by atoms with van der Waals surface area (Å²) in [6, 6.07) is 0. The normalized spacial score (nSPS) is 34.4. The maximum Gasteiger partial charge on any atom is 0.0596 e. The minimum atomic E-state index is 0.0330. The quantitative estimate of drug-likeness (QED) is 0.609. The molecular formula is C12H22O. The summed E-state index contributed by atoms with van der Waals surface area (Å²) in [5, 5.41) is 10.0. The molecule has 2 rings (SSSR count). The first-order chi connectivity index (χ1) is 6.33. The maximum atomic E-state index is 10.0. The van der Waals surface area contributed by atoms with Gasteiger partial charge in [0, 0.05) is 0 Å². The molecule has 0 heterocycles. The first kappa shape index (κ1) is 9.51. The molecule has 0 aromatic heterocycles. The number of hydrogen-bond donors (Lipinski definition) is 1. The summed E-state index contributed by atoms with van der Waals surface area (Å²) in [4.78, 5) is 0. The summed E-state index contributed by atoms with van der Waals surface area (Å²) in [7, 11) is 0. The molecule has 2 aliphatic rings. The molecule has 1 unspecified atom stereocenters. The minimum absolute atomic E-state index is 0.0330. The molecule has 0 radical (unpaired) electrons. The van der Waals surface area contributed by atoms with E-state index in [0.29, 0.717) is 5.41 Å². The molecule has 2 aliphatic carbocycles. The average Bonchev–Trinajstić information content (AvgIpc) is 2.42. The second-order valence-electron chi connectivity index (χ2n) is 5.04. The summed E-state index contributed by atoms with van der Waals surface area (Å²) >= 11 is 0. The summed E-state index contributed by atoms with van der Waals surface area (Å²) in [6.07, 6.45) is 13.2. The largest absolute Gasteiger partial charge is 0.393 e. The minimum Gasteiger partial charge on any atom is -0.393 e. The lowest BCUT2D eigenvalue weighted by molar-refractivity contribution is 0.0316. The zero-order valence-corrected chi connectivity index (χ0v) is 8.60. The van der Waals surface area contributed by atoms with Gasteiger partial charge in [-0.15, -0.1) is 0 Å². The molecule has 2 fully saturated rings. The molecule has 1 heteroatoms. The van der Waals surface area contributed by atoms with Crippen LogP contribution >= 0.6 is 0 Å². The molecule has 0 aliphatic heterocycles. The second kappa shape index (κ2) is 4.00. The first-order valence-corrected chi connectivity index (χ1v) is 6.02. The van der Waals surface area contributed by atoms with E-state index in [1.54, 1.807) is 0 Å². The third kappa shape index (κ3) is 1.90. The topological polar surface area (TPSA) is 20.2 Å². The van der Waals surface area contributed by atoms with Crippen molar-refractivity contribution in [2.75, 3.05) is 0 Å². The molecule has 0 bridgehead atoms. The lowest BCUT2D eigenvalue weighted by Crippen LogP contribution is -2.30. The summed E-state index contributed by atoms with van der Waals surface area (Å²) < 4.78 is 0. The van der Waals surface area contributed by atoms with Gasteiger partial charge in [0.05, 0.1) is 6.10 Å². The highest BCUT2D eigenvalue weighted by molar-refractivity contribution is 4.92. The second-order valence-corrected chi connectivity index (χ2v) is 5.04. The van der Waals surface area contributed by atoms with Gasteiger partial charge < -0.3 is 5.11 Å². The summed E-state index contributed by atoms with van der Waals surface area (Å²) in [5.41, 5.74) is 0.362. The van der Waals surface area contributed by atoms with E-state index in [1.165, 1.54) is 57.8 Å². The van der Waals surface area contributed by atoms with Gasteiger partial charge in [-0.2, -0.15) is 0 Å². The number of hydrogen-bond acceptors (Lipinski definition) is 1. The van der Waals surface area contributed by atoms with Crippen molar-refractivity contribution in [2.45, 2.75) is 70.3 Å². The molecule has 0 amide bonds. The molecule has 1 N–H and O–H groups in total. The van der Waals surface area contributed by atoms with Crippen LogP contribution in [0.3, 0.4) is 0 Å². The monoisotopic (exact) mass is 182 g/mol. The van der Waals surface area contributed by atoms with Crippen molar-refractivity contribution in [3.8, 4) is 0 Å². The molecule has 13 heavy (non-hydrogen) atoms. The van der Waals surface area contributed by atoms with Crippen LogP contribution in [0.4, 0.5) is 0 Å². The van der Waals surface area contributed by atoms with E-state index in [1.807, 2.05) is 0 Å². The Bertz CT molecular complexity index is 157. The zero-order valence-electron chi connectivity index (χ0n) is 8.60. The van der Waals surface area contributed by atoms with Crippen LogP contribution in [-0.4, -0.2) is 11.2 Å². The smallest absolute Gasteiger partial charge is 0.0596 e. The van der Waals surface area contributed by atoms with E-state index in [0.717, 1.165) is 6.42 Å². The fourth-order valence-corrected chi connectivity index (χ4v) is 3.31. The van der Waals surface area contributed by atoms with Crippen LogP contribution in [0.2, 0.25) is 0 Å². The fraction of sp³-hybridized carbons (Fsp3) is 1.00. The van der Waals surface area contributed by atoms with Gasteiger partial charge in [0.1, 0.15) is 0 Å². The molecule has 0 saturated heterocycles. The molecule has 1 nitrogen and oxygen atoms in total. The van der Waals surface area contributed by atoms with Crippen LogP contribution in [0.5, 0.6) is 0 Å². The first-order valence-electron chi connectivity index (χ1n) is 6.02. The van der Waals surface area contributed by atoms with E-state index in [2.05, 4.69) is 0 Å². The number of rotatable bonds is 0. The highest BCUT2D eigenvalue weighted by Crippen LogP contribution is 2.47. The molecule has 1 atom stereocenters. The molecule has 1 spiro atoms. The average molecular weight is 182 g/mol. The molecule has 0 aromatic rings. The van der Waals surface area contributed by atoms with E-state index < -0.39 is 0 Å². The third-order valence-corrected chi connectivity index (χ3v) is 4.21. The van der Waals surface area contributed by atoms with Gasteiger partial charge in [0.25, 0.3) is 0 Å². The zero-order chi connectivity index (χ0) is 9.15. The maximum absolute atomic E-state index is 10.0. The van der Waals surface area contributed by atoms with Crippen molar-refractivity contribution in [1.82, 2.24) is 0 Å². The molecule has 2 saturated carbocycles. The van der Waals surface area contributed by atoms with Gasteiger partial charge in [-0.25, -0.2) is 0 Å². The summed E-state index contributed by atoms with van der Waals surface area (Å²) in [5.74, 6) is 0. The van der Waals surface area contributed by atoms with Crippen LogP contribution in [-0.2, 0) is 0 Å². The van der Waals surface area contributed by atoms with Crippen molar-refractivity contribution >= 4 is 0 Å². The van der Waals surface area contributed by atoms with E-state index in [-0.39, 0.29) is 6.10 Å². The Morgan fingerprint density at radius 1 is 0.769 bits per heavy atom. The molecule has 76 valence electrons. The Morgan fingerprint density at radius 3 is 1.85 bits per heavy atom. The number of aliphatic hydroxyl groups excluding tert-OH is 1. The van der Waals surface area contributed by atoms with E-state index in [9.17, 15) is 5.11 Å². The van der Waals surface area contributed by atoms with Crippen LogP contribution in [0, 0.1) is 5.41 Å². The van der Waals surface area contributed by atoms with Gasteiger partial charge >= 0.3 is 0 Å². The Balaban J connectivity index is 2.00. The fourth-order valence-electron chi connectivity index (χ4n) is 3.31. The predicted molar refractivity (Wildman–Crippen MR) is 54.6 cm³/mol. The third-order valence-electron chi connectivity index (χ3n) is 4.21. The Morgan fingerprint density at radius 2 is 1.31 bits per heavy atom. The van der Waals surface area contributed by atoms with Crippen molar-refractivity contribution in [3.05, 3.63) is 0 Å². The lowest BCUT2D eigenvalue weighted by atomic mass is 9.73. The van der Waals surface area contributed by atoms with E-state index in [4.69, 9.17) is 0 Å². The standard InChI is InChI=1S/C12H22O/c13-11-7-6-10-12(11)8-4-2-1-3-5-9-12/h11,13H,1-10H2. The van der Waals surface area contributed by atoms with Crippen LogP contribution in [0.25, 0.3) is 0 Å². The Labute approximate surface area is 81.5 Å². The van der Waals surface area contributed by atoms with Crippen molar-refractivity contribution in [2.24, 2.45) is 5.41 Å². The lowest BCUT2D eigenvalue weighted by Gasteiger charge is -2.34.